The van der Waals surface area contributed by atoms with E-state index in [-0.39, 0.29) is 22.9 Å². The van der Waals surface area contributed by atoms with E-state index in [0.717, 1.165) is 0 Å². The van der Waals surface area contributed by atoms with Crippen molar-refractivity contribution in [2.75, 3.05) is 34.4 Å². The second-order valence-electron chi connectivity index (χ2n) is 14.7. The number of halogens is 2. The smallest absolute Gasteiger partial charge is 0.407 e. The number of nitrogens with zero attached hydrogens (tertiary/aromatic N) is 4. The van der Waals surface area contributed by atoms with Crippen LogP contribution in [0.3, 0.4) is 0 Å². The van der Waals surface area contributed by atoms with Crippen LogP contribution in [0.2, 0.25) is 0 Å². The number of nitrogens with one attached hydrogen (secondary N) is 4. The maximum Gasteiger partial charge on any atom is 0.407 e. The van der Waals surface area contributed by atoms with E-state index in [1.807, 2.05) is 6.07 Å². The molecule has 0 unspecified atom stereocenters. The van der Waals surface area contributed by atoms with Crippen molar-refractivity contribution in [1.29, 1.82) is 0 Å². The van der Waals surface area contributed by atoms with Crippen LogP contribution in [0.4, 0.5) is 18.4 Å². The Morgan fingerprint density at radius 1 is 0.717 bits per heavy atom. The van der Waals surface area contributed by atoms with Gasteiger partial charge in [0.15, 0.2) is 0 Å². The van der Waals surface area contributed by atoms with E-state index in [1.54, 1.807) is 65.3 Å². The lowest BCUT2D eigenvalue weighted by Crippen LogP contribution is -2.54. The first-order valence-electron chi connectivity index (χ1n) is 19.6. The quantitative estimate of drug-likeness (QED) is 0.108. The number of rotatable bonds is 12. The Kier molecular flexibility index (Phi) is 12.5. The Morgan fingerprint density at radius 2 is 1.22 bits per heavy atom. The number of ether oxygens (including phenoxy) is 3. The summed E-state index contributed by atoms with van der Waals surface area (Å²) in [6, 6.07) is 15.3. The van der Waals surface area contributed by atoms with Crippen molar-refractivity contribution in [3.63, 3.8) is 0 Å². The summed E-state index contributed by atoms with van der Waals surface area (Å²) >= 11 is 0. The minimum atomic E-state index is -0.990. The number of likely N-dealkylation sites (tertiary alicyclic amines) is 2. The summed E-state index contributed by atoms with van der Waals surface area (Å²) in [6.45, 7) is 2.55. The lowest BCUT2D eigenvalue weighted by Gasteiger charge is -2.30. The highest BCUT2D eigenvalue weighted by Gasteiger charge is 2.39. The largest absolute Gasteiger partial charge is 0.453 e. The number of aromatic amines is 2. The summed E-state index contributed by atoms with van der Waals surface area (Å²) < 4.78 is 46.4. The number of hydrogen-bond donors (Lipinski definition) is 4. The molecular weight excluding hydrogens is 779 g/mol. The third-order valence-electron chi connectivity index (χ3n) is 11.1. The third-order valence-corrected chi connectivity index (χ3v) is 11.1. The molecule has 314 valence electrons. The van der Waals surface area contributed by atoms with Crippen LogP contribution in [0.15, 0.2) is 79.1 Å². The molecule has 4 N–H and O–H groups in total. The molecule has 0 spiro atoms. The van der Waals surface area contributed by atoms with Crippen molar-refractivity contribution in [3.8, 4) is 33.6 Å². The van der Waals surface area contributed by atoms with Crippen molar-refractivity contribution in [2.45, 2.75) is 62.9 Å². The van der Waals surface area contributed by atoms with Crippen molar-refractivity contribution >= 4 is 24.0 Å². The Hall–Kier alpha value is -6.62. The zero-order chi connectivity index (χ0) is 42.5. The van der Waals surface area contributed by atoms with Gasteiger partial charge in [-0.15, -0.1) is 0 Å². The highest BCUT2D eigenvalue weighted by Crippen LogP contribution is 2.37. The van der Waals surface area contributed by atoms with Crippen molar-refractivity contribution in [1.82, 2.24) is 40.4 Å². The zero-order valence-electron chi connectivity index (χ0n) is 33.5. The number of carbonyl (C=O) groups is 4. The molecule has 4 heterocycles. The summed E-state index contributed by atoms with van der Waals surface area (Å²) in [5.41, 5.74) is 2.79. The van der Waals surface area contributed by atoms with Crippen molar-refractivity contribution < 1.29 is 42.2 Å². The van der Waals surface area contributed by atoms with E-state index in [2.05, 4.69) is 30.6 Å². The fourth-order valence-corrected chi connectivity index (χ4v) is 7.90. The van der Waals surface area contributed by atoms with Crippen LogP contribution < -0.4 is 10.6 Å². The molecule has 7 rings (SSSR count). The maximum atomic E-state index is 15.8. The normalized spacial score (nSPS) is 17.8. The second kappa shape index (κ2) is 18.1. The highest BCUT2D eigenvalue weighted by molar-refractivity contribution is 5.88. The first-order chi connectivity index (χ1) is 29.0. The van der Waals surface area contributed by atoms with Crippen LogP contribution in [0.25, 0.3) is 33.6 Å². The summed E-state index contributed by atoms with van der Waals surface area (Å²) in [6.07, 6.45) is 3.53. The molecule has 0 aliphatic carbocycles. The monoisotopic (exact) mass is 824 g/mol. The Labute approximate surface area is 344 Å². The number of hydrogen-bond acceptors (Lipinski definition) is 9. The number of carbonyl (C=O) groups excluding carboxylic acids is 4. The van der Waals surface area contributed by atoms with Crippen LogP contribution in [-0.4, -0.2) is 100 Å². The van der Waals surface area contributed by atoms with Gasteiger partial charge in [-0.1, -0.05) is 42.5 Å². The van der Waals surface area contributed by atoms with Crippen LogP contribution in [0, 0.1) is 11.6 Å². The fourth-order valence-electron chi connectivity index (χ4n) is 7.90. The Balaban J connectivity index is 1.05. The molecule has 2 aromatic heterocycles. The molecule has 2 aliphatic rings. The van der Waals surface area contributed by atoms with Crippen LogP contribution >= 0.6 is 0 Å². The molecular formula is C43H46F2N8O7. The topological polar surface area (TPSA) is 184 Å². The standard InChI is InChI=1S/C43H46F2N8O7/c1-24(58-2)36(50-42(56)59-3)40(54)52-18-8-12-34(52)38-46-22-32(48-38)28-16-14-26(20-30(28)44)27-15-17-29(31(45)21-27)33-23-47-39(49-33)35-13-9-19-53(35)41(55)37(51-43(57)60-4)25-10-6-5-7-11-25/h5-7,10-11,14-17,20-24,34-37H,8-9,12-13,18-19H2,1-4H3,(H,46,48)(H,47,49)(H,50,56)(H,51,57)/t24-,34+,35+,36+,37-/m1/s1. The fraction of sp³-hybridized carbons (Fsp3) is 0.349. The van der Waals surface area contributed by atoms with Gasteiger partial charge < -0.3 is 44.6 Å². The van der Waals surface area contributed by atoms with Crippen LogP contribution in [0.5, 0.6) is 0 Å². The number of aromatic nitrogens is 4. The van der Waals surface area contributed by atoms with E-state index < -0.39 is 54.1 Å². The predicted molar refractivity (Wildman–Crippen MR) is 215 cm³/mol. The van der Waals surface area contributed by atoms with Gasteiger partial charge in [-0.3, -0.25) is 9.59 Å². The van der Waals surface area contributed by atoms with E-state index >= 15 is 8.78 Å². The minimum absolute atomic E-state index is 0.240. The number of imidazole rings is 2. The second-order valence-corrected chi connectivity index (χ2v) is 14.7. The molecule has 17 heteroatoms. The molecule has 60 heavy (non-hydrogen) atoms. The van der Waals surface area contributed by atoms with Gasteiger partial charge in [0.1, 0.15) is 35.4 Å². The summed E-state index contributed by atoms with van der Waals surface area (Å²) in [5, 5.41) is 5.20. The van der Waals surface area contributed by atoms with E-state index in [0.29, 0.717) is 78.5 Å². The molecule has 15 nitrogen and oxygen atoms in total. The van der Waals surface area contributed by atoms with Gasteiger partial charge in [-0.2, -0.15) is 0 Å². The van der Waals surface area contributed by atoms with E-state index in [1.165, 1.54) is 45.9 Å². The van der Waals surface area contributed by atoms with E-state index in [4.69, 9.17) is 14.2 Å². The van der Waals surface area contributed by atoms with Crippen molar-refractivity contribution in [2.24, 2.45) is 0 Å². The number of alkyl carbamates (subject to hydrolysis) is 2. The average Bonchev–Trinajstić information content (AvgIpc) is 4.11. The number of H-pyrrole nitrogens is 2. The minimum Gasteiger partial charge on any atom is -0.453 e. The summed E-state index contributed by atoms with van der Waals surface area (Å²) in [4.78, 5) is 70.4. The molecule has 5 atom stereocenters. The molecule has 3 aromatic carbocycles. The average molecular weight is 825 g/mol. The maximum absolute atomic E-state index is 15.8. The molecule has 0 radical (unpaired) electrons. The van der Waals surface area contributed by atoms with Crippen LogP contribution in [-0.2, 0) is 23.8 Å². The van der Waals surface area contributed by atoms with Gasteiger partial charge in [-0.05, 0) is 73.6 Å². The van der Waals surface area contributed by atoms with E-state index in [9.17, 15) is 19.2 Å². The first-order valence-corrected chi connectivity index (χ1v) is 19.6. The molecule has 4 amide bonds. The molecule has 2 fully saturated rings. The van der Waals surface area contributed by atoms with Gasteiger partial charge in [0.2, 0.25) is 5.91 Å². The van der Waals surface area contributed by atoms with Crippen LogP contribution in [0.1, 0.15) is 67.9 Å². The van der Waals surface area contributed by atoms with Gasteiger partial charge >= 0.3 is 12.2 Å². The predicted octanol–water partition coefficient (Wildman–Crippen LogP) is 6.60. The van der Waals surface area contributed by atoms with Crippen molar-refractivity contribution in [3.05, 3.63) is 108 Å². The molecule has 2 saturated heterocycles. The highest BCUT2D eigenvalue weighted by atomic mass is 19.1. The molecule has 0 saturated carbocycles. The van der Waals surface area contributed by atoms with Gasteiger partial charge in [0.05, 0.1) is 56.2 Å². The molecule has 2 aliphatic heterocycles. The zero-order valence-corrected chi connectivity index (χ0v) is 33.5. The lowest BCUT2D eigenvalue weighted by atomic mass is 10.00. The summed E-state index contributed by atoms with van der Waals surface area (Å²) in [7, 11) is 3.89. The summed E-state index contributed by atoms with van der Waals surface area (Å²) in [5.74, 6) is -0.841. The SMILES string of the molecule is COC(=O)N[C@H](C(=O)N1CCC[C@H]1c1ncc(-c2ccc(-c3ccc(-c4cnc([C@@H]5CCCN5C(=O)[C@H](NC(=O)OC)c5ccccc5)[nH]4)c(F)c3)cc2F)[nH]1)[C@@H](C)OC. The van der Waals surface area contributed by atoms with Gasteiger partial charge in [0.25, 0.3) is 5.91 Å². The third kappa shape index (κ3) is 8.57. The van der Waals surface area contributed by atoms with Gasteiger partial charge in [0, 0.05) is 31.3 Å². The lowest BCUT2D eigenvalue weighted by molar-refractivity contribution is -0.137. The Morgan fingerprint density at radius 3 is 1.70 bits per heavy atom. The number of methoxy groups -OCH3 is 3. The first kappa shape index (κ1) is 41.5. The molecule has 5 aromatic rings. The molecule has 0 bridgehead atoms. The van der Waals surface area contributed by atoms with Gasteiger partial charge in [-0.25, -0.2) is 28.3 Å². The number of amides is 4. The number of benzene rings is 3. The Bertz CT molecular complexity index is 2350.